The van der Waals surface area contributed by atoms with E-state index >= 15 is 0 Å². The van der Waals surface area contributed by atoms with Gasteiger partial charge in [-0.1, -0.05) is 0 Å². The Hall–Kier alpha value is -1.47. The van der Waals surface area contributed by atoms with Crippen LogP contribution in [-0.2, 0) is 0 Å². The van der Waals surface area contributed by atoms with E-state index in [9.17, 15) is 0 Å². The van der Waals surface area contributed by atoms with Gasteiger partial charge in [-0.25, -0.2) is 9.97 Å². The van der Waals surface area contributed by atoms with Gasteiger partial charge < -0.3 is 5.32 Å². The van der Waals surface area contributed by atoms with E-state index in [0.717, 1.165) is 5.69 Å². The van der Waals surface area contributed by atoms with Crippen molar-refractivity contribution in [1.82, 2.24) is 24.9 Å². The summed E-state index contributed by atoms with van der Waals surface area (Å²) in [4.78, 5) is 20.4. The minimum Gasteiger partial charge on any atom is -0.357 e. The second kappa shape index (κ2) is 5.24. The lowest BCUT2D eigenvalue weighted by Crippen LogP contribution is -2.00. The summed E-state index contributed by atoms with van der Waals surface area (Å²) in [7, 11) is 1.71. The molecule has 0 saturated carbocycles. The van der Waals surface area contributed by atoms with E-state index in [2.05, 4.69) is 30.2 Å². The van der Waals surface area contributed by atoms with Crippen molar-refractivity contribution in [2.45, 2.75) is 17.2 Å². The van der Waals surface area contributed by atoms with Crippen LogP contribution in [0.15, 0.2) is 22.6 Å². The minimum absolute atomic E-state index is 0.138. The van der Waals surface area contributed by atoms with E-state index < -0.39 is 0 Å². The van der Waals surface area contributed by atoms with Crippen molar-refractivity contribution < 1.29 is 0 Å². The number of hydrogen-bond acceptors (Lipinski definition) is 7. The smallest absolute Gasteiger partial charge is 0.228 e. The molecule has 2 rings (SSSR count). The van der Waals surface area contributed by atoms with E-state index in [-0.39, 0.29) is 5.28 Å². The molecule has 0 fully saturated rings. The highest BCUT2D eigenvalue weighted by Gasteiger charge is 2.07. The molecule has 0 amide bonds. The zero-order chi connectivity index (χ0) is 12.3. The van der Waals surface area contributed by atoms with Gasteiger partial charge in [-0.3, -0.25) is 0 Å². The van der Waals surface area contributed by atoms with Crippen molar-refractivity contribution in [3.63, 3.8) is 0 Å². The number of hydrogen-bond donors (Lipinski definition) is 1. The predicted molar refractivity (Wildman–Crippen MR) is 65.3 cm³/mol. The topological polar surface area (TPSA) is 76.5 Å². The van der Waals surface area contributed by atoms with Gasteiger partial charge in [0.15, 0.2) is 5.16 Å². The van der Waals surface area contributed by atoms with Crippen LogP contribution in [0.25, 0.3) is 0 Å². The fraction of sp³-hybridized carbons (Fsp3) is 0.222. The summed E-state index contributed by atoms with van der Waals surface area (Å²) >= 11 is 7.01. The summed E-state index contributed by atoms with van der Waals surface area (Å²) < 4.78 is 0. The molecule has 17 heavy (non-hydrogen) atoms. The molecule has 0 radical (unpaired) electrons. The fourth-order valence-electron chi connectivity index (χ4n) is 1.05. The molecule has 0 spiro atoms. The molecule has 6 nitrogen and oxygen atoms in total. The van der Waals surface area contributed by atoms with Crippen LogP contribution in [0.3, 0.4) is 0 Å². The molecule has 2 heterocycles. The summed E-state index contributed by atoms with van der Waals surface area (Å²) in [6.07, 6.45) is 1.69. The van der Waals surface area contributed by atoms with Gasteiger partial charge >= 0.3 is 0 Å². The first-order valence-electron chi connectivity index (χ1n) is 4.74. The van der Waals surface area contributed by atoms with E-state index in [1.807, 2.05) is 13.0 Å². The summed E-state index contributed by atoms with van der Waals surface area (Å²) in [5, 5.41) is 3.98. The second-order valence-corrected chi connectivity index (χ2v) is 4.32. The van der Waals surface area contributed by atoms with Crippen LogP contribution in [0.5, 0.6) is 0 Å². The van der Waals surface area contributed by atoms with Crippen LogP contribution in [0.2, 0.25) is 5.28 Å². The molecule has 0 aliphatic carbocycles. The Balaban J connectivity index is 2.26. The van der Waals surface area contributed by atoms with Crippen molar-refractivity contribution >= 4 is 29.3 Å². The van der Waals surface area contributed by atoms with Crippen LogP contribution in [0.1, 0.15) is 5.69 Å². The van der Waals surface area contributed by atoms with E-state index in [4.69, 9.17) is 11.6 Å². The van der Waals surface area contributed by atoms with Gasteiger partial charge in [0.1, 0.15) is 0 Å². The Morgan fingerprint density at radius 1 is 1.18 bits per heavy atom. The number of aromatic nitrogens is 5. The first-order chi connectivity index (χ1) is 8.17. The molecular formula is C9H9ClN6S. The first-order valence-corrected chi connectivity index (χ1v) is 5.93. The molecule has 0 bridgehead atoms. The predicted octanol–water partition coefficient (Wildman–Crippen LogP) is 1.82. The van der Waals surface area contributed by atoms with E-state index in [1.54, 1.807) is 13.2 Å². The first kappa shape index (κ1) is 12.0. The molecule has 0 aliphatic rings. The van der Waals surface area contributed by atoms with Gasteiger partial charge in [-0.2, -0.15) is 15.0 Å². The number of nitrogens with one attached hydrogen (secondary N) is 1. The van der Waals surface area contributed by atoms with Crippen molar-refractivity contribution in [1.29, 1.82) is 0 Å². The van der Waals surface area contributed by atoms with Gasteiger partial charge in [-0.05, 0) is 36.4 Å². The largest absolute Gasteiger partial charge is 0.357 e. The van der Waals surface area contributed by atoms with Crippen LogP contribution < -0.4 is 5.32 Å². The molecule has 0 aliphatic heterocycles. The summed E-state index contributed by atoms with van der Waals surface area (Å²) in [5.74, 6) is 0.417. The highest BCUT2D eigenvalue weighted by atomic mass is 35.5. The number of nitrogens with zero attached hydrogens (tertiary/aromatic N) is 5. The monoisotopic (exact) mass is 268 g/mol. The molecular weight excluding hydrogens is 260 g/mol. The lowest BCUT2D eigenvalue weighted by Gasteiger charge is -2.02. The maximum atomic E-state index is 5.77. The molecule has 0 saturated heterocycles. The second-order valence-electron chi connectivity index (χ2n) is 3.04. The average Bonchev–Trinajstić information content (AvgIpc) is 2.28. The highest BCUT2D eigenvalue weighted by Crippen LogP contribution is 2.22. The minimum atomic E-state index is 0.138. The molecule has 2 aromatic heterocycles. The van der Waals surface area contributed by atoms with Crippen molar-refractivity contribution in [3.8, 4) is 0 Å². The third-order valence-corrected chi connectivity index (χ3v) is 2.68. The number of rotatable bonds is 3. The third kappa shape index (κ3) is 3.24. The summed E-state index contributed by atoms with van der Waals surface area (Å²) in [6.45, 7) is 1.89. The van der Waals surface area contributed by atoms with Gasteiger partial charge in [0.2, 0.25) is 16.4 Å². The van der Waals surface area contributed by atoms with Crippen molar-refractivity contribution in [3.05, 3.63) is 23.2 Å². The highest BCUT2D eigenvalue weighted by molar-refractivity contribution is 7.99. The molecule has 2 aromatic rings. The summed E-state index contributed by atoms with van der Waals surface area (Å²) in [5.41, 5.74) is 0.886. The normalized spacial score (nSPS) is 10.3. The number of aryl methyl sites for hydroxylation is 1. The van der Waals surface area contributed by atoms with Crippen molar-refractivity contribution in [2.24, 2.45) is 0 Å². The van der Waals surface area contributed by atoms with Crippen LogP contribution >= 0.6 is 23.4 Å². The SMILES string of the molecule is CNc1nc(Cl)nc(Sc2nccc(C)n2)n1. The zero-order valence-corrected chi connectivity index (χ0v) is 10.7. The molecule has 88 valence electrons. The molecule has 0 aromatic carbocycles. The third-order valence-electron chi connectivity index (χ3n) is 1.77. The fourth-order valence-corrected chi connectivity index (χ4v) is 1.99. The Labute approximate surface area is 107 Å². The molecule has 0 atom stereocenters. The summed E-state index contributed by atoms with van der Waals surface area (Å²) in [6, 6.07) is 1.82. The molecule has 8 heteroatoms. The number of anilines is 1. The molecule has 1 N–H and O–H groups in total. The van der Waals surface area contributed by atoms with Crippen molar-refractivity contribution in [2.75, 3.05) is 12.4 Å². The Kier molecular flexibility index (Phi) is 3.70. The van der Waals surface area contributed by atoms with Gasteiger partial charge in [0.05, 0.1) is 0 Å². The standard InChI is InChI=1S/C9H9ClN6S/c1-5-3-4-12-8(13-5)17-9-15-6(10)14-7(11-2)16-9/h3-4H,1-2H3,(H,11,14,15,16). The van der Waals surface area contributed by atoms with Gasteiger partial charge in [0, 0.05) is 18.9 Å². The average molecular weight is 269 g/mol. The maximum absolute atomic E-state index is 5.77. The van der Waals surface area contributed by atoms with Crippen LogP contribution in [0, 0.1) is 6.92 Å². The van der Waals surface area contributed by atoms with E-state index in [1.165, 1.54) is 11.8 Å². The Morgan fingerprint density at radius 2 is 2.00 bits per heavy atom. The number of halogens is 1. The Morgan fingerprint density at radius 3 is 2.71 bits per heavy atom. The molecule has 0 unspecified atom stereocenters. The maximum Gasteiger partial charge on any atom is 0.228 e. The van der Waals surface area contributed by atoms with Gasteiger partial charge in [-0.15, -0.1) is 0 Å². The van der Waals surface area contributed by atoms with Crippen LogP contribution in [0.4, 0.5) is 5.95 Å². The van der Waals surface area contributed by atoms with Crippen LogP contribution in [-0.4, -0.2) is 32.0 Å². The zero-order valence-electron chi connectivity index (χ0n) is 9.18. The van der Waals surface area contributed by atoms with Gasteiger partial charge in [0.25, 0.3) is 0 Å². The lowest BCUT2D eigenvalue weighted by atomic mass is 10.5. The quantitative estimate of drug-likeness (QED) is 0.851. The lowest BCUT2D eigenvalue weighted by molar-refractivity contribution is 0.884. The Bertz CT molecular complexity index is 535. The van der Waals surface area contributed by atoms with E-state index in [0.29, 0.717) is 16.3 Å².